The number of amides is 1. The number of nitrogens with zero attached hydrogens (tertiary/aromatic N) is 4. The number of rotatable bonds is 7. The highest BCUT2D eigenvalue weighted by atomic mass is 32.2. The molecule has 36 heavy (non-hydrogen) atoms. The Morgan fingerprint density at radius 1 is 1.36 bits per heavy atom. The van der Waals surface area contributed by atoms with Gasteiger partial charge < -0.3 is 19.3 Å². The van der Waals surface area contributed by atoms with E-state index in [1.54, 1.807) is 23.8 Å². The van der Waals surface area contributed by atoms with Gasteiger partial charge in [0.15, 0.2) is 4.83 Å². The zero-order valence-electron chi connectivity index (χ0n) is 19.5. The second-order valence-corrected chi connectivity index (χ2v) is 11.2. The molecule has 3 aromatic rings. The average molecular weight is 531 g/mol. The highest BCUT2D eigenvalue weighted by Gasteiger charge is 2.60. The fourth-order valence-electron chi connectivity index (χ4n) is 4.91. The minimum atomic E-state index is -1.30. The lowest BCUT2D eigenvalue weighted by Crippen LogP contribution is -2.63. The molecule has 2 aromatic heterocycles. The number of aliphatic hydroxyl groups excluding tert-OH is 1. The highest BCUT2D eigenvalue weighted by Crippen LogP contribution is 2.52. The number of esters is 1. The molecule has 1 unspecified atom stereocenters. The van der Waals surface area contributed by atoms with Crippen molar-refractivity contribution in [3.63, 3.8) is 0 Å². The maximum atomic E-state index is 13.4. The molecule has 1 aromatic carbocycles. The molecule has 11 nitrogen and oxygen atoms in total. The van der Waals surface area contributed by atoms with Gasteiger partial charge in [-0.25, -0.2) is 4.79 Å². The highest BCUT2D eigenvalue weighted by molar-refractivity contribution is 7.91. The first kappa shape index (κ1) is 24.4. The number of carbonyl (C=O) groups is 2. The molecular weight excluding hydrogens is 508 g/mol. The van der Waals surface area contributed by atoms with E-state index in [1.807, 2.05) is 6.92 Å². The van der Waals surface area contributed by atoms with Crippen LogP contribution in [0.3, 0.4) is 0 Å². The Kier molecular flexibility index (Phi) is 6.11. The average Bonchev–Trinajstić information content (AvgIpc) is 3.47. The Bertz CT molecular complexity index is 1410. The predicted octanol–water partition coefficient (Wildman–Crippen LogP) is 2.35. The first-order valence-corrected chi connectivity index (χ1v) is 13.4. The van der Waals surface area contributed by atoms with E-state index in [1.165, 1.54) is 46.8 Å². The van der Waals surface area contributed by atoms with Crippen LogP contribution in [0.5, 0.6) is 0 Å². The van der Waals surface area contributed by atoms with Crippen molar-refractivity contribution in [2.24, 2.45) is 11.8 Å². The van der Waals surface area contributed by atoms with Crippen LogP contribution in [0.4, 0.5) is 5.69 Å². The van der Waals surface area contributed by atoms with Crippen LogP contribution in [-0.4, -0.2) is 59.1 Å². The molecule has 13 heteroatoms. The van der Waals surface area contributed by atoms with Crippen LogP contribution in [0.15, 0.2) is 47.5 Å². The van der Waals surface area contributed by atoms with E-state index in [2.05, 4.69) is 4.98 Å². The van der Waals surface area contributed by atoms with Gasteiger partial charge in [0.2, 0.25) is 5.91 Å². The SMILES string of the molecule is C[C@@H](O)[C@H]1C(=O)N2C(C(=O)OCc3ccc([N+](=O)[O-])cc3)=C(c3cn4cnc([S+](C)[O-])c4s3)[C@H](C)[C@H]12. The molecule has 5 rings (SSSR count). The molecule has 188 valence electrons. The van der Waals surface area contributed by atoms with Crippen LogP contribution in [0.1, 0.15) is 24.3 Å². The van der Waals surface area contributed by atoms with Crippen molar-refractivity contribution in [1.29, 1.82) is 0 Å². The Labute approximate surface area is 212 Å². The van der Waals surface area contributed by atoms with Gasteiger partial charge in [0.1, 0.15) is 24.9 Å². The van der Waals surface area contributed by atoms with Gasteiger partial charge >= 0.3 is 5.97 Å². The number of hydrogen-bond acceptors (Lipinski definition) is 9. The first-order valence-electron chi connectivity index (χ1n) is 11.1. The Morgan fingerprint density at radius 2 is 2.06 bits per heavy atom. The summed E-state index contributed by atoms with van der Waals surface area (Å²) < 4.78 is 19.4. The largest absolute Gasteiger partial charge is 0.610 e. The Morgan fingerprint density at radius 3 is 2.67 bits per heavy atom. The van der Waals surface area contributed by atoms with Gasteiger partial charge in [-0.1, -0.05) is 6.92 Å². The summed E-state index contributed by atoms with van der Waals surface area (Å²) in [6.45, 7) is 3.32. The van der Waals surface area contributed by atoms with Crippen molar-refractivity contribution in [3.05, 3.63) is 63.0 Å². The van der Waals surface area contributed by atoms with Crippen LogP contribution in [-0.2, 0) is 32.1 Å². The number of non-ortho nitro benzene ring substituents is 1. The number of nitro groups is 1. The van der Waals surface area contributed by atoms with Crippen molar-refractivity contribution in [3.8, 4) is 0 Å². The van der Waals surface area contributed by atoms with Crippen molar-refractivity contribution in [2.45, 2.75) is 37.6 Å². The standard InChI is InChI=1S/C23H22N4O7S2/c1-11-16(15-8-25-10-24-20(36(3)33)22(25)35-15)19(26-18(11)17(12(2)28)21(26)29)23(30)34-9-13-4-6-14(7-5-13)27(31)32/h4-8,10-12,17-18,28H,9H2,1-3H3/t11-,12+,17+,18+,36?/m0/s1. The summed E-state index contributed by atoms with van der Waals surface area (Å²) in [4.78, 5) is 43.7. The smallest absolute Gasteiger partial charge is 0.355 e. The zero-order valence-corrected chi connectivity index (χ0v) is 21.1. The van der Waals surface area contributed by atoms with Crippen molar-refractivity contribution >= 4 is 50.5 Å². The van der Waals surface area contributed by atoms with Crippen LogP contribution < -0.4 is 0 Å². The van der Waals surface area contributed by atoms with E-state index in [-0.39, 0.29) is 29.8 Å². The molecule has 0 aliphatic carbocycles. The van der Waals surface area contributed by atoms with E-state index < -0.39 is 40.1 Å². The van der Waals surface area contributed by atoms with Crippen molar-refractivity contribution in [1.82, 2.24) is 14.3 Å². The van der Waals surface area contributed by atoms with E-state index in [0.29, 0.717) is 25.9 Å². The Balaban J connectivity index is 1.50. The van der Waals surface area contributed by atoms with E-state index >= 15 is 0 Å². The lowest BCUT2D eigenvalue weighted by molar-refractivity contribution is -0.384. The lowest BCUT2D eigenvalue weighted by Gasteiger charge is -2.46. The molecule has 5 atom stereocenters. The van der Waals surface area contributed by atoms with Gasteiger partial charge in [0.25, 0.3) is 10.7 Å². The van der Waals surface area contributed by atoms with E-state index in [4.69, 9.17) is 4.74 Å². The first-order chi connectivity index (χ1) is 17.1. The molecule has 2 aliphatic heterocycles. The number of thiazole rings is 1. The summed E-state index contributed by atoms with van der Waals surface area (Å²) in [6, 6.07) is 5.26. The van der Waals surface area contributed by atoms with Gasteiger partial charge in [0.05, 0.1) is 27.9 Å². The number of carbonyl (C=O) groups excluding carboxylic acids is 2. The monoisotopic (exact) mass is 530 g/mol. The molecule has 0 bridgehead atoms. The molecule has 4 heterocycles. The fourth-order valence-corrected chi connectivity index (χ4v) is 7.05. The number of aliphatic hydroxyl groups is 1. The fraction of sp³-hybridized carbons (Fsp3) is 0.348. The van der Waals surface area contributed by atoms with Crippen LogP contribution in [0.2, 0.25) is 0 Å². The van der Waals surface area contributed by atoms with Gasteiger partial charge in [-0.3, -0.25) is 19.3 Å². The van der Waals surface area contributed by atoms with Gasteiger partial charge in [-0.05, 0) is 24.6 Å². The van der Waals surface area contributed by atoms with E-state index in [0.717, 1.165) is 0 Å². The molecule has 2 aliphatic rings. The predicted molar refractivity (Wildman–Crippen MR) is 130 cm³/mol. The van der Waals surface area contributed by atoms with Gasteiger partial charge in [-0.15, -0.1) is 11.3 Å². The number of aromatic nitrogens is 2. The molecule has 1 fully saturated rings. The summed E-state index contributed by atoms with van der Waals surface area (Å²) >= 11 is 0.0159. The molecule has 0 saturated carbocycles. The van der Waals surface area contributed by atoms with E-state index in [9.17, 15) is 29.4 Å². The summed E-state index contributed by atoms with van der Waals surface area (Å²) in [5.41, 5.74) is 1.22. The third-order valence-corrected chi connectivity index (χ3v) is 8.72. The number of nitro benzene ring substituents is 1. The molecule has 1 amide bonds. The molecular formula is C23H22N4O7S2. The van der Waals surface area contributed by atoms with Crippen molar-refractivity contribution in [2.75, 3.05) is 6.26 Å². The quantitative estimate of drug-likeness (QED) is 0.161. The number of hydrogen-bond donors (Lipinski definition) is 1. The van der Waals surface area contributed by atoms with Gasteiger partial charge in [-0.2, -0.15) is 4.98 Å². The number of fused-ring (bicyclic) bond motifs is 2. The maximum absolute atomic E-state index is 13.4. The third-order valence-electron chi connectivity index (χ3n) is 6.60. The minimum absolute atomic E-state index is 0.0751. The number of imidazole rings is 1. The Hall–Kier alpha value is -3.26. The summed E-state index contributed by atoms with van der Waals surface area (Å²) in [7, 11) is 0. The summed E-state index contributed by atoms with van der Waals surface area (Å²) in [5.74, 6) is -1.96. The third kappa shape index (κ3) is 3.79. The maximum Gasteiger partial charge on any atom is 0.355 e. The van der Waals surface area contributed by atoms with Crippen LogP contribution in [0.25, 0.3) is 10.4 Å². The zero-order chi connectivity index (χ0) is 25.9. The molecule has 1 saturated heterocycles. The topological polar surface area (TPSA) is 150 Å². The normalized spacial score (nSPS) is 23.0. The van der Waals surface area contributed by atoms with Crippen molar-refractivity contribution < 1.29 is 28.9 Å². The summed E-state index contributed by atoms with van der Waals surface area (Å²) in [5, 5.41) is 21.5. The molecule has 1 N–H and O–H groups in total. The number of benzene rings is 1. The molecule has 0 radical (unpaired) electrons. The number of β-lactam (4-membered cyclic amide) rings is 1. The number of ether oxygens (including phenoxy) is 1. The van der Waals surface area contributed by atoms with Crippen LogP contribution in [0, 0.1) is 22.0 Å². The molecule has 0 spiro atoms. The second-order valence-electron chi connectivity index (χ2n) is 8.83. The second kappa shape index (κ2) is 9.00. The summed E-state index contributed by atoms with van der Waals surface area (Å²) in [6.07, 6.45) is 4.00. The van der Waals surface area contributed by atoms with Crippen LogP contribution >= 0.6 is 11.3 Å². The lowest BCUT2D eigenvalue weighted by atomic mass is 9.77. The minimum Gasteiger partial charge on any atom is -0.610 e. The van der Waals surface area contributed by atoms with Gasteiger partial charge in [0, 0.05) is 41.0 Å².